The molecule has 0 N–H and O–H groups in total. The third kappa shape index (κ3) is 4.74. The molecule has 2 aliphatic rings. The number of rotatable bonds is 7. The molecule has 3 aromatic carbocycles. The van der Waals surface area contributed by atoms with Crippen LogP contribution in [0.5, 0.6) is 0 Å². The Bertz CT molecular complexity index is 1490. The van der Waals surface area contributed by atoms with Gasteiger partial charge in [-0.1, -0.05) is 0 Å². The van der Waals surface area contributed by atoms with Gasteiger partial charge in [-0.05, 0) is 0 Å². The van der Waals surface area contributed by atoms with Crippen LogP contribution in [0, 0.1) is 5.92 Å². The van der Waals surface area contributed by atoms with Crippen molar-refractivity contribution in [1.29, 1.82) is 0 Å². The van der Waals surface area contributed by atoms with Crippen LogP contribution in [0.15, 0.2) is 77.9 Å². The first-order valence-corrected chi connectivity index (χ1v) is 31.5. The van der Waals surface area contributed by atoms with Crippen LogP contribution < -0.4 is 0 Å². The Hall–Kier alpha value is -1.18. The molecule has 2 aliphatic carbocycles. The Morgan fingerprint density at radius 1 is 0.825 bits per heavy atom. The van der Waals surface area contributed by atoms with E-state index in [4.69, 9.17) is 17.0 Å². The van der Waals surface area contributed by atoms with Crippen molar-refractivity contribution in [2.24, 2.45) is 5.92 Å². The molecular weight excluding hydrogens is 623 g/mol. The monoisotopic (exact) mass is 665 g/mol. The quantitative estimate of drug-likeness (QED) is 0.220. The summed E-state index contributed by atoms with van der Waals surface area (Å²) < 4.78 is 0.317. The minimum atomic E-state index is -4.67. The first-order valence-electron chi connectivity index (χ1n) is 15.1. The third-order valence-electron chi connectivity index (χ3n) is 9.97. The van der Waals surface area contributed by atoms with Gasteiger partial charge in [0.25, 0.3) is 0 Å². The number of benzene rings is 3. The third-order valence-corrected chi connectivity index (χ3v) is 61.7. The Kier molecular flexibility index (Phi) is 8.20. The molecular formula is C36H45Cl2SiZr. The second kappa shape index (κ2) is 10.8. The summed E-state index contributed by atoms with van der Waals surface area (Å²) in [5, 5.41) is 0. The zero-order valence-electron chi connectivity index (χ0n) is 25.5. The molecule has 5 rings (SSSR count). The van der Waals surface area contributed by atoms with Crippen LogP contribution in [0.25, 0.3) is 23.3 Å². The van der Waals surface area contributed by atoms with Crippen molar-refractivity contribution in [2.45, 2.75) is 80.1 Å². The maximum atomic E-state index is 8.49. The van der Waals surface area contributed by atoms with E-state index in [2.05, 4.69) is 134 Å². The van der Waals surface area contributed by atoms with Crippen LogP contribution in [0.2, 0.25) is 13.1 Å². The van der Waals surface area contributed by atoms with Crippen molar-refractivity contribution in [3.63, 3.8) is 0 Å². The second-order valence-corrected chi connectivity index (χ2v) is 56.0. The fraction of sp³-hybridized carbons (Fsp3) is 0.389. The van der Waals surface area contributed by atoms with Crippen molar-refractivity contribution >= 4 is 35.1 Å². The first-order chi connectivity index (χ1) is 18.8. The number of hydrogen-bond acceptors (Lipinski definition) is 0. The van der Waals surface area contributed by atoms with E-state index < -0.39 is 21.5 Å². The van der Waals surface area contributed by atoms with Gasteiger partial charge in [0.1, 0.15) is 0 Å². The predicted molar refractivity (Wildman–Crippen MR) is 179 cm³/mol. The summed E-state index contributed by atoms with van der Waals surface area (Å²) in [4.78, 5) is 0. The second-order valence-electron chi connectivity index (χ2n) is 13.5. The topological polar surface area (TPSA) is 0 Å². The van der Waals surface area contributed by atoms with Gasteiger partial charge in [-0.2, -0.15) is 0 Å². The SMILES string of the molecule is CCC1=Cc2ccccc2[CH]1[Zr]([Cl])([Cl])([CH]1C(C(C)CC)=Cc2c(-c3ccc(C(C)(C)C)cc3)cccc21)[SiH](C)C. The standard InChI is InChI=1S/C23H27.C11H11.C2H7Si.2ClH.Zr/c1-6-16(2)19-14-18-8-7-9-21(22(18)15-19)17-10-12-20(13-11-17)23(3,4)5;1-2-9-7-10-5-3-4-6-11(10)8-9;1-3-2;;;/h7-16H,6H2,1-5H3;3-8H,2H2,1H3;3H,1-2H3;2*1H;/q;;;;;+2/p-2. The molecule has 3 atom stereocenters. The van der Waals surface area contributed by atoms with Crippen LogP contribution in [0.3, 0.4) is 0 Å². The van der Waals surface area contributed by atoms with Gasteiger partial charge in [0.2, 0.25) is 0 Å². The van der Waals surface area contributed by atoms with E-state index in [1.165, 1.54) is 50.1 Å². The molecule has 0 aliphatic heterocycles. The van der Waals surface area contributed by atoms with Crippen LogP contribution in [0.4, 0.5) is 0 Å². The zero-order chi connectivity index (χ0) is 29.1. The van der Waals surface area contributed by atoms with Crippen LogP contribution in [0.1, 0.15) is 89.5 Å². The maximum absolute atomic E-state index is 8.49. The van der Waals surface area contributed by atoms with Crippen molar-refractivity contribution in [3.8, 4) is 11.1 Å². The van der Waals surface area contributed by atoms with Crippen molar-refractivity contribution < 1.29 is 15.6 Å². The van der Waals surface area contributed by atoms with E-state index in [1.807, 2.05) is 0 Å². The summed E-state index contributed by atoms with van der Waals surface area (Å²) in [7, 11) is 17.0. The fourth-order valence-corrected chi connectivity index (χ4v) is 38.8. The Balaban J connectivity index is 1.75. The van der Waals surface area contributed by atoms with Crippen LogP contribution in [-0.2, 0) is 21.0 Å². The molecule has 0 saturated heterocycles. The molecule has 0 heterocycles. The van der Waals surface area contributed by atoms with E-state index in [-0.39, 0.29) is 12.7 Å². The van der Waals surface area contributed by atoms with Gasteiger partial charge in [-0.25, -0.2) is 0 Å². The van der Waals surface area contributed by atoms with E-state index in [9.17, 15) is 0 Å². The summed E-state index contributed by atoms with van der Waals surface area (Å²) in [6, 6.07) is 25.0. The zero-order valence-corrected chi connectivity index (χ0v) is 30.6. The molecule has 0 aromatic heterocycles. The summed E-state index contributed by atoms with van der Waals surface area (Å²) in [6.45, 7) is 18.7. The van der Waals surface area contributed by atoms with E-state index in [0.29, 0.717) is 5.92 Å². The Morgan fingerprint density at radius 2 is 1.48 bits per heavy atom. The van der Waals surface area contributed by atoms with Gasteiger partial charge in [-0.3, -0.25) is 0 Å². The van der Waals surface area contributed by atoms with Gasteiger partial charge < -0.3 is 0 Å². The van der Waals surface area contributed by atoms with Gasteiger partial charge >= 0.3 is 254 Å². The van der Waals surface area contributed by atoms with Crippen LogP contribution in [-0.4, -0.2) is 5.92 Å². The average molecular weight is 668 g/mol. The number of halogens is 2. The van der Waals surface area contributed by atoms with Gasteiger partial charge in [-0.15, -0.1) is 0 Å². The summed E-state index contributed by atoms with van der Waals surface area (Å²) in [6.07, 6.45) is 6.99. The van der Waals surface area contributed by atoms with Crippen molar-refractivity contribution in [2.75, 3.05) is 0 Å². The predicted octanol–water partition coefficient (Wildman–Crippen LogP) is 11.7. The fourth-order valence-electron chi connectivity index (χ4n) is 7.28. The molecule has 40 heavy (non-hydrogen) atoms. The molecule has 0 fully saturated rings. The van der Waals surface area contributed by atoms with Crippen molar-refractivity contribution in [1.82, 2.24) is 0 Å². The summed E-state index contributed by atoms with van der Waals surface area (Å²) >= 11 is -4.67. The van der Waals surface area contributed by atoms with E-state index >= 15 is 0 Å². The average Bonchev–Trinajstić information content (AvgIpc) is 3.52. The van der Waals surface area contributed by atoms with Gasteiger partial charge in [0.15, 0.2) is 0 Å². The van der Waals surface area contributed by atoms with Crippen LogP contribution >= 0.6 is 17.0 Å². The molecule has 0 spiro atoms. The van der Waals surface area contributed by atoms with Crippen molar-refractivity contribution in [3.05, 3.63) is 106 Å². The molecule has 0 nitrogen and oxygen atoms in total. The molecule has 0 saturated carbocycles. The molecule has 0 bridgehead atoms. The Morgan fingerprint density at radius 3 is 2.08 bits per heavy atom. The van der Waals surface area contributed by atoms with E-state index in [0.717, 1.165) is 12.8 Å². The number of allylic oxidation sites excluding steroid dienone is 2. The number of hydrogen-bond donors (Lipinski definition) is 0. The number of fused-ring (bicyclic) bond motifs is 2. The molecule has 0 amide bonds. The molecule has 0 radical (unpaired) electrons. The first kappa shape index (κ1) is 30.3. The van der Waals surface area contributed by atoms with Gasteiger partial charge in [0.05, 0.1) is 0 Å². The Labute approximate surface area is 251 Å². The minimum absolute atomic E-state index is 0.132. The summed E-state index contributed by atoms with van der Waals surface area (Å²) in [5.41, 5.74) is 12.4. The van der Waals surface area contributed by atoms with E-state index in [1.54, 1.807) is 0 Å². The van der Waals surface area contributed by atoms with Gasteiger partial charge in [0, 0.05) is 0 Å². The normalized spacial score (nSPS) is 20.4. The molecule has 3 aromatic rings. The summed E-state index contributed by atoms with van der Waals surface area (Å²) in [5.74, 6) is -1.11. The molecule has 4 heteroatoms. The molecule has 3 unspecified atom stereocenters. The molecule has 211 valence electrons.